The number of hydrogen-bond donors (Lipinski definition) is 0. The van der Waals surface area contributed by atoms with E-state index in [0.717, 1.165) is 50.1 Å². The van der Waals surface area contributed by atoms with Crippen molar-refractivity contribution in [2.45, 2.75) is 13.1 Å². The van der Waals surface area contributed by atoms with Crippen LogP contribution in [-0.4, -0.2) is 90.1 Å². The minimum absolute atomic E-state index is 0.154. The quantitative estimate of drug-likeness (QED) is 0.709. The molecule has 32 heavy (non-hydrogen) atoms. The first-order chi connectivity index (χ1) is 15.2. The molecule has 2 aromatic rings. The van der Waals surface area contributed by atoms with E-state index in [1.165, 1.54) is 6.07 Å². The molecule has 172 valence electrons. The summed E-state index contributed by atoms with van der Waals surface area (Å²) in [5.74, 6) is 2.12. The Bertz CT molecular complexity index is 951. The second kappa shape index (κ2) is 8.89. The van der Waals surface area contributed by atoms with E-state index in [2.05, 4.69) is 36.7 Å². The van der Waals surface area contributed by atoms with Crippen LogP contribution in [0.15, 0.2) is 24.4 Å². The second-order valence-electron chi connectivity index (χ2n) is 8.13. The average molecular weight is 449 g/mol. The SMILES string of the molecule is Cc1nc(N2CCN(C)CC2)cc(N2CCN(C(=O)c3ccc(C(F)(F)F)nc3)CC2)n1. The third-order valence-corrected chi connectivity index (χ3v) is 5.83. The number of rotatable bonds is 3. The van der Waals surface area contributed by atoms with Crippen LogP contribution >= 0.6 is 0 Å². The van der Waals surface area contributed by atoms with Crippen molar-refractivity contribution < 1.29 is 18.0 Å². The van der Waals surface area contributed by atoms with Crippen molar-refractivity contribution >= 4 is 17.5 Å². The highest BCUT2D eigenvalue weighted by Crippen LogP contribution is 2.27. The van der Waals surface area contributed by atoms with E-state index in [1.807, 2.05) is 13.0 Å². The van der Waals surface area contributed by atoms with Gasteiger partial charge in [0.15, 0.2) is 0 Å². The fourth-order valence-electron chi connectivity index (χ4n) is 3.91. The molecule has 11 heteroatoms. The predicted molar refractivity (Wildman–Crippen MR) is 114 cm³/mol. The lowest BCUT2D eigenvalue weighted by molar-refractivity contribution is -0.141. The van der Waals surface area contributed by atoms with Crippen molar-refractivity contribution in [3.05, 3.63) is 41.5 Å². The molecule has 2 aliphatic heterocycles. The highest BCUT2D eigenvalue weighted by Gasteiger charge is 2.32. The zero-order valence-corrected chi connectivity index (χ0v) is 18.1. The molecule has 0 radical (unpaired) electrons. The van der Waals surface area contributed by atoms with Crippen LogP contribution in [0.2, 0.25) is 0 Å². The number of carbonyl (C=O) groups excluding carboxylic acids is 1. The van der Waals surface area contributed by atoms with Crippen molar-refractivity contribution in [3.8, 4) is 0 Å². The Hall–Kier alpha value is -2.95. The Labute approximate surface area is 184 Å². The Morgan fingerprint density at radius 2 is 1.47 bits per heavy atom. The van der Waals surface area contributed by atoms with Gasteiger partial charge < -0.3 is 19.6 Å². The van der Waals surface area contributed by atoms with Gasteiger partial charge >= 0.3 is 6.18 Å². The summed E-state index contributed by atoms with van der Waals surface area (Å²) in [5, 5.41) is 0. The first-order valence-electron chi connectivity index (χ1n) is 10.6. The van der Waals surface area contributed by atoms with Crippen LogP contribution in [0.1, 0.15) is 21.9 Å². The molecule has 0 saturated carbocycles. The van der Waals surface area contributed by atoms with Crippen molar-refractivity contribution in [1.29, 1.82) is 0 Å². The Kier molecular flexibility index (Phi) is 6.18. The van der Waals surface area contributed by atoms with Gasteiger partial charge in [-0.1, -0.05) is 0 Å². The molecule has 0 N–H and O–H groups in total. The molecule has 1 amide bonds. The van der Waals surface area contributed by atoms with Crippen LogP contribution in [0.5, 0.6) is 0 Å². The summed E-state index contributed by atoms with van der Waals surface area (Å²) >= 11 is 0. The molecule has 0 spiro atoms. The molecule has 0 unspecified atom stereocenters. The number of hydrogen-bond acceptors (Lipinski definition) is 7. The van der Waals surface area contributed by atoms with Gasteiger partial charge in [-0.3, -0.25) is 9.78 Å². The van der Waals surface area contributed by atoms with Gasteiger partial charge in [-0.2, -0.15) is 13.2 Å². The molecular formula is C21H26F3N7O. The van der Waals surface area contributed by atoms with Crippen LogP contribution in [0.4, 0.5) is 24.8 Å². The number of aryl methyl sites for hydroxylation is 1. The fraction of sp³-hybridized carbons (Fsp3) is 0.524. The molecule has 2 aliphatic rings. The molecule has 0 aliphatic carbocycles. The maximum Gasteiger partial charge on any atom is 0.433 e. The van der Waals surface area contributed by atoms with Gasteiger partial charge in [-0.15, -0.1) is 0 Å². The number of piperazine rings is 2. The Balaban J connectivity index is 1.40. The predicted octanol–water partition coefficient (Wildman–Crippen LogP) is 1.91. The maximum absolute atomic E-state index is 12.7. The number of anilines is 2. The summed E-state index contributed by atoms with van der Waals surface area (Å²) in [6, 6.07) is 4.02. The lowest BCUT2D eigenvalue weighted by atomic mass is 10.2. The monoisotopic (exact) mass is 449 g/mol. The van der Waals surface area contributed by atoms with Gasteiger partial charge in [-0.25, -0.2) is 9.97 Å². The van der Waals surface area contributed by atoms with Crippen molar-refractivity contribution in [2.75, 3.05) is 69.2 Å². The summed E-state index contributed by atoms with van der Waals surface area (Å²) < 4.78 is 38.1. The van der Waals surface area contributed by atoms with E-state index >= 15 is 0 Å². The lowest BCUT2D eigenvalue weighted by Crippen LogP contribution is -2.49. The van der Waals surface area contributed by atoms with E-state index in [-0.39, 0.29) is 11.5 Å². The van der Waals surface area contributed by atoms with E-state index < -0.39 is 11.9 Å². The minimum atomic E-state index is -4.52. The number of alkyl halides is 3. The van der Waals surface area contributed by atoms with E-state index in [1.54, 1.807) is 4.90 Å². The lowest BCUT2D eigenvalue weighted by Gasteiger charge is -2.36. The van der Waals surface area contributed by atoms with E-state index in [0.29, 0.717) is 32.0 Å². The molecular weight excluding hydrogens is 423 g/mol. The molecule has 0 atom stereocenters. The molecule has 8 nitrogen and oxygen atoms in total. The summed E-state index contributed by atoms with van der Waals surface area (Å²) in [4.78, 5) is 33.6. The van der Waals surface area contributed by atoms with Crippen LogP contribution in [0, 0.1) is 6.92 Å². The molecule has 4 rings (SSSR count). The Morgan fingerprint density at radius 1 is 0.906 bits per heavy atom. The van der Waals surface area contributed by atoms with Crippen molar-refractivity contribution in [1.82, 2.24) is 24.8 Å². The number of nitrogens with zero attached hydrogens (tertiary/aromatic N) is 7. The second-order valence-corrected chi connectivity index (χ2v) is 8.13. The average Bonchev–Trinajstić information content (AvgIpc) is 2.78. The van der Waals surface area contributed by atoms with Crippen LogP contribution in [0.3, 0.4) is 0 Å². The molecule has 2 aromatic heterocycles. The highest BCUT2D eigenvalue weighted by molar-refractivity contribution is 5.94. The number of halogens is 3. The molecule has 0 bridgehead atoms. The molecule has 4 heterocycles. The summed E-state index contributed by atoms with van der Waals surface area (Å²) in [6.07, 6.45) is -3.53. The molecule has 0 aromatic carbocycles. The summed E-state index contributed by atoms with van der Waals surface area (Å²) in [6.45, 7) is 7.73. The van der Waals surface area contributed by atoms with E-state index in [4.69, 9.17) is 0 Å². The first kappa shape index (κ1) is 22.3. The van der Waals surface area contributed by atoms with Gasteiger partial charge in [0.2, 0.25) is 0 Å². The van der Waals surface area contributed by atoms with Crippen LogP contribution < -0.4 is 9.80 Å². The van der Waals surface area contributed by atoms with Gasteiger partial charge in [0.1, 0.15) is 23.2 Å². The number of aromatic nitrogens is 3. The smallest absolute Gasteiger partial charge is 0.354 e. The number of pyridine rings is 1. The van der Waals surface area contributed by atoms with Crippen molar-refractivity contribution in [2.24, 2.45) is 0 Å². The van der Waals surface area contributed by atoms with Gasteiger partial charge in [0, 0.05) is 64.6 Å². The zero-order chi connectivity index (χ0) is 22.9. The van der Waals surface area contributed by atoms with Gasteiger partial charge in [0.05, 0.1) is 5.56 Å². The first-order valence-corrected chi connectivity index (χ1v) is 10.6. The maximum atomic E-state index is 12.7. The third kappa shape index (κ3) is 4.93. The third-order valence-electron chi connectivity index (χ3n) is 5.83. The summed E-state index contributed by atoms with van der Waals surface area (Å²) in [5.41, 5.74) is -0.851. The zero-order valence-electron chi connectivity index (χ0n) is 18.1. The van der Waals surface area contributed by atoms with Crippen molar-refractivity contribution in [3.63, 3.8) is 0 Å². The fourth-order valence-corrected chi connectivity index (χ4v) is 3.91. The van der Waals surface area contributed by atoms with E-state index in [9.17, 15) is 18.0 Å². The standard InChI is InChI=1S/C21H26F3N7O/c1-15-26-18(29-7-5-28(2)6-8-29)13-19(27-15)30-9-11-31(12-10-30)20(32)16-3-4-17(25-14-16)21(22,23)24/h3-4,13-14H,5-12H2,1-2H3. The number of carbonyl (C=O) groups is 1. The highest BCUT2D eigenvalue weighted by atomic mass is 19.4. The molecule has 2 fully saturated rings. The van der Waals surface area contributed by atoms with Crippen LogP contribution in [0.25, 0.3) is 0 Å². The largest absolute Gasteiger partial charge is 0.433 e. The Morgan fingerprint density at radius 3 is 1.97 bits per heavy atom. The van der Waals surface area contributed by atoms with Crippen LogP contribution in [-0.2, 0) is 6.18 Å². The minimum Gasteiger partial charge on any atom is -0.354 e. The topological polar surface area (TPSA) is 68.7 Å². The number of likely N-dealkylation sites (N-methyl/N-ethyl adjacent to an activating group) is 1. The number of amides is 1. The van der Waals surface area contributed by atoms with Gasteiger partial charge in [-0.05, 0) is 26.1 Å². The van der Waals surface area contributed by atoms with Gasteiger partial charge in [0.25, 0.3) is 5.91 Å². The summed E-state index contributed by atoms with van der Waals surface area (Å²) in [7, 11) is 2.11. The normalized spacial score (nSPS) is 18.2. The molecule has 2 saturated heterocycles.